The van der Waals surface area contributed by atoms with Crippen molar-refractivity contribution in [3.05, 3.63) is 175 Å². The molecule has 0 amide bonds. The van der Waals surface area contributed by atoms with Gasteiger partial charge in [-0.15, -0.1) is 0 Å². The van der Waals surface area contributed by atoms with Gasteiger partial charge < -0.3 is 5.32 Å². The average molecular weight is 637 g/mol. The monoisotopic (exact) mass is 636 g/mol. The molecule has 2 heterocycles. The highest BCUT2D eigenvalue weighted by Crippen LogP contribution is 2.42. The van der Waals surface area contributed by atoms with Gasteiger partial charge in [0.05, 0.1) is 11.2 Å². The van der Waals surface area contributed by atoms with Gasteiger partial charge in [0.2, 0.25) is 0 Å². The van der Waals surface area contributed by atoms with Gasteiger partial charge in [-0.3, -0.25) is 0 Å². The fourth-order valence-electron chi connectivity index (χ4n) is 7.71. The van der Waals surface area contributed by atoms with Gasteiger partial charge in [0.15, 0.2) is 0 Å². The number of nitrogens with one attached hydrogen (secondary N) is 1. The molecule has 0 saturated heterocycles. The Labute approximate surface area is 291 Å². The lowest BCUT2D eigenvalue weighted by molar-refractivity contribution is 1.31. The summed E-state index contributed by atoms with van der Waals surface area (Å²) in [6.07, 6.45) is 4.37. The minimum Gasteiger partial charge on any atom is -0.381 e. The van der Waals surface area contributed by atoms with E-state index >= 15 is 0 Å². The normalized spacial score (nSPS) is 12.4. The van der Waals surface area contributed by atoms with Crippen molar-refractivity contribution in [2.75, 3.05) is 11.9 Å². The van der Waals surface area contributed by atoms with Crippen molar-refractivity contribution in [3.63, 3.8) is 0 Å². The molecular formula is C48H32N2. The molecule has 1 aliphatic rings. The van der Waals surface area contributed by atoms with Crippen LogP contribution in [0.15, 0.2) is 170 Å². The Balaban J connectivity index is 1.20. The topological polar surface area (TPSA) is 24.9 Å². The quantitative estimate of drug-likeness (QED) is 0.194. The summed E-state index contributed by atoms with van der Waals surface area (Å²) in [7, 11) is 0. The molecule has 1 aromatic heterocycles. The minimum absolute atomic E-state index is 0.844. The van der Waals surface area contributed by atoms with Crippen LogP contribution in [0.25, 0.3) is 93.9 Å². The highest BCUT2D eigenvalue weighted by atomic mass is 14.9. The van der Waals surface area contributed by atoms with E-state index in [1.165, 1.54) is 71.6 Å². The van der Waals surface area contributed by atoms with E-state index in [2.05, 4.69) is 181 Å². The smallest absolute Gasteiger partial charge is 0.0794 e. The van der Waals surface area contributed by atoms with E-state index in [4.69, 9.17) is 4.98 Å². The fraction of sp³-hybridized carbons (Fsp3) is 0.0208. The maximum atomic E-state index is 5.46. The number of fused-ring (bicyclic) bond motifs is 6. The zero-order valence-corrected chi connectivity index (χ0v) is 27.4. The number of benzene rings is 8. The number of aromatic nitrogens is 1. The van der Waals surface area contributed by atoms with E-state index in [9.17, 15) is 0 Å². The highest BCUT2D eigenvalue weighted by Gasteiger charge is 2.17. The number of nitrogens with zero attached hydrogens (tertiary/aromatic N) is 1. The van der Waals surface area contributed by atoms with Gasteiger partial charge >= 0.3 is 0 Å². The predicted octanol–water partition coefficient (Wildman–Crippen LogP) is 12.8. The van der Waals surface area contributed by atoms with Crippen LogP contribution >= 0.6 is 0 Å². The van der Waals surface area contributed by atoms with Crippen LogP contribution in [0.2, 0.25) is 0 Å². The first-order chi connectivity index (χ1) is 24.8. The molecule has 0 bridgehead atoms. The molecule has 0 fully saturated rings. The Kier molecular flexibility index (Phi) is 6.60. The summed E-state index contributed by atoms with van der Waals surface area (Å²) in [6, 6.07) is 59.6. The molecule has 0 unspecified atom stereocenters. The van der Waals surface area contributed by atoms with Gasteiger partial charge in [-0.25, -0.2) is 4.98 Å². The van der Waals surface area contributed by atoms with Gasteiger partial charge in [0, 0.05) is 34.1 Å². The first-order valence-electron chi connectivity index (χ1n) is 17.3. The van der Waals surface area contributed by atoms with Crippen molar-refractivity contribution in [3.8, 4) is 44.6 Å². The average Bonchev–Trinajstić information content (AvgIpc) is 3.19. The van der Waals surface area contributed by atoms with Crippen molar-refractivity contribution < 1.29 is 0 Å². The standard InChI is InChI=1S/C48H32N2/c1-3-11-36-27-38(24-18-31(36)9-1)43-29-45-44(39-25-19-32-10-2-4-12-37(32)28-39)30-46(50-48(45)42-16-6-5-15-41(42)43)34-22-20-33(21-23-34)40-17-7-13-35-14-8-26-49-47(35)40/h1-25,27-30,49H,26H2. The van der Waals surface area contributed by atoms with Crippen LogP contribution in [0.5, 0.6) is 0 Å². The highest BCUT2D eigenvalue weighted by molar-refractivity contribution is 6.16. The van der Waals surface area contributed by atoms with Crippen molar-refractivity contribution >= 4 is 55.0 Å². The van der Waals surface area contributed by atoms with E-state index in [1.807, 2.05) is 0 Å². The third kappa shape index (κ3) is 4.76. The molecule has 0 spiro atoms. The summed E-state index contributed by atoms with van der Waals surface area (Å²) < 4.78 is 0. The van der Waals surface area contributed by atoms with Crippen LogP contribution in [0.1, 0.15) is 5.56 Å². The maximum absolute atomic E-state index is 5.46. The van der Waals surface area contributed by atoms with E-state index < -0.39 is 0 Å². The third-order valence-corrected chi connectivity index (χ3v) is 10.2. The second-order valence-electron chi connectivity index (χ2n) is 13.2. The second-order valence-corrected chi connectivity index (χ2v) is 13.2. The molecule has 0 saturated carbocycles. The number of pyridine rings is 1. The Bertz CT molecular complexity index is 2810. The molecule has 2 nitrogen and oxygen atoms in total. The van der Waals surface area contributed by atoms with Crippen LogP contribution in [0, 0.1) is 0 Å². The largest absolute Gasteiger partial charge is 0.381 e. The molecule has 1 aliphatic heterocycles. The Morgan fingerprint density at radius 1 is 0.420 bits per heavy atom. The fourth-order valence-corrected chi connectivity index (χ4v) is 7.71. The first-order valence-corrected chi connectivity index (χ1v) is 17.3. The van der Waals surface area contributed by atoms with Crippen LogP contribution in [0.4, 0.5) is 5.69 Å². The number of hydrogen-bond acceptors (Lipinski definition) is 2. The zero-order chi connectivity index (χ0) is 33.0. The van der Waals surface area contributed by atoms with Crippen molar-refractivity contribution in [2.45, 2.75) is 0 Å². The van der Waals surface area contributed by atoms with Crippen molar-refractivity contribution in [2.24, 2.45) is 0 Å². The van der Waals surface area contributed by atoms with Gasteiger partial charge in [-0.05, 0) is 84.6 Å². The molecule has 9 aromatic rings. The molecule has 0 atom stereocenters. The van der Waals surface area contributed by atoms with Gasteiger partial charge in [-0.1, -0.05) is 152 Å². The molecule has 50 heavy (non-hydrogen) atoms. The van der Waals surface area contributed by atoms with Crippen LogP contribution in [0.3, 0.4) is 0 Å². The Morgan fingerprint density at radius 3 is 1.74 bits per heavy atom. The summed E-state index contributed by atoms with van der Waals surface area (Å²) >= 11 is 0. The number of anilines is 1. The lowest BCUT2D eigenvalue weighted by Gasteiger charge is -2.18. The number of para-hydroxylation sites is 1. The molecule has 8 aromatic carbocycles. The zero-order valence-electron chi connectivity index (χ0n) is 27.4. The van der Waals surface area contributed by atoms with Crippen LogP contribution in [-0.2, 0) is 0 Å². The predicted molar refractivity (Wildman–Crippen MR) is 214 cm³/mol. The molecule has 1 N–H and O–H groups in total. The van der Waals surface area contributed by atoms with Gasteiger partial charge in [-0.2, -0.15) is 0 Å². The van der Waals surface area contributed by atoms with Crippen LogP contribution < -0.4 is 5.32 Å². The molecule has 234 valence electrons. The summed E-state index contributed by atoms with van der Waals surface area (Å²) in [5.41, 5.74) is 12.7. The van der Waals surface area contributed by atoms with E-state index in [-0.39, 0.29) is 0 Å². The van der Waals surface area contributed by atoms with E-state index in [1.54, 1.807) is 0 Å². The Morgan fingerprint density at radius 2 is 1.02 bits per heavy atom. The van der Waals surface area contributed by atoms with Gasteiger partial charge in [0.25, 0.3) is 0 Å². The summed E-state index contributed by atoms with van der Waals surface area (Å²) in [5.74, 6) is 0. The first kappa shape index (κ1) is 28.5. The van der Waals surface area contributed by atoms with Crippen molar-refractivity contribution in [1.82, 2.24) is 4.98 Å². The van der Waals surface area contributed by atoms with Gasteiger partial charge in [0.1, 0.15) is 0 Å². The summed E-state index contributed by atoms with van der Waals surface area (Å²) in [5, 5.41) is 12.0. The van der Waals surface area contributed by atoms with E-state index in [0.29, 0.717) is 0 Å². The summed E-state index contributed by atoms with van der Waals surface area (Å²) in [6.45, 7) is 0.844. The second kappa shape index (κ2) is 11.6. The molecule has 2 heteroatoms. The van der Waals surface area contributed by atoms with E-state index in [0.717, 1.165) is 34.1 Å². The van der Waals surface area contributed by atoms with Crippen molar-refractivity contribution in [1.29, 1.82) is 0 Å². The molecule has 0 aliphatic carbocycles. The lowest BCUT2D eigenvalue weighted by atomic mass is 9.90. The SMILES string of the molecule is C1=Cc2cccc(-c3ccc(-c4cc(-c5ccc6ccccc6c5)c5cc(-c6ccc7ccccc7c6)c6ccccc6c5n4)cc3)c2NC1. The number of rotatable bonds is 4. The minimum atomic E-state index is 0.844. The molecule has 0 radical (unpaired) electrons. The third-order valence-electron chi connectivity index (χ3n) is 10.2. The number of hydrogen-bond donors (Lipinski definition) is 1. The Hall–Kier alpha value is -6.51. The summed E-state index contributed by atoms with van der Waals surface area (Å²) in [4.78, 5) is 5.46. The maximum Gasteiger partial charge on any atom is 0.0794 e. The molecule has 10 rings (SSSR count). The molecular weight excluding hydrogens is 605 g/mol. The van der Waals surface area contributed by atoms with Crippen LogP contribution in [-0.4, -0.2) is 11.5 Å². The lowest BCUT2D eigenvalue weighted by Crippen LogP contribution is -2.05.